The molecule has 5 heterocycles. The minimum absolute atomic E-state index is 0.535. The molecule has 1 aliphatic heterocycles. The van der Waals surface area contributed by atoms with Gasteiger partial charge in [0.25, 0.3) is 0 Å². The lowest BCUT2D eigenvalue weighted by molar-refractivity contribution is 0.454. The van der Waals surface area contributed by atoms with E-state index in [1.54, 1.807) is 0 Å². The largest absolute Gasteiger partial charge is 0.317 e. The first kappa shape index (κ1) is 22.8. The molecule has 0 bridgehead atoms. The summed E-state index contributed by atoms with van der Waals surface area (Å²) in [5.41, 5.74) is 6.84. The molecule has 0 amide bonds. The Bertz CT molecular complexity index is 1140. The molecule has 5 rings (SSSR count). The summed E-state index contributed by atoms with van der Waals surface area (Å²) in [6.07, 6.45) is 6.11. The van der Waals surface area contributed by atoms with Crippen LogP contribution in [0.25, 0.3) is 27.9 Å². The number of pyridine rings is 2. The van der Waals surface area contributed by atoms with Crippen molar-refractivity contribution in [1.29, 1.82) is 0 Å². The van der Waals surface area contributed by atoms with Crippen molar-refractivity contribution in [1.82, 2.24) is 29.9 Å². The van der Waals surface area contributed by atoms with Crippen LogP contribution in [-0.4, -0.2) is 37.7 Å². The van der Waals surface area contributed by atoms with E-state index < -0.39 is 0 Å². The van der Waals surface area contributed by atoms with Crippen molar-refractivity contribution in [3.63, 3.8) is 0 Å². The zero-order valence-corrected chi connectivity index (χ0v) is 19.6. The van der Waals surface area contributed by atoms with Gasteiger partial charge in [0, 0.05) is 28.8 Å². The van der Waals surface area contributed by atoms with Crippen LogP contribution in [0.1, 0.15) is 63.4 Å². The van der Waals surface area contributed by atoms with E-state index in [1.165, 1.54) is 0 Å². The number of aryl methyl sites for hydroxylation is 2. The zero-order chi connectivity index (χ0) is 22.4. The Balaban J connectivity index is 0.000000645. The second-order valence-electron chi connectivity index (χ2n) is 7.39. The first-order chi connectivity index (χ1) is 15.2. The Labute approximate surface area is 185 Å². The van der Waals surface area contributed by atoms with E-state index in [-0.39, 0.29) is 0 Å². The molecule has 1 aliphatic rings. The lowest BCUT2D eigenvalue weighted by Gasteiger charge is -2.22. The topological polar surface area (TPSA) is 68.0 Å². The minimum atomic E-state index is 0.535. The van der Waals surface area contributed by atoms with Gasteiger partial charge in [-0.1, -0.05) is 27.7 Å². The van der Waals surface area contributed by atoms with Gasteiger partial charge in [-0.15, -0.1) is 0 Å². The van der Waals surface area contributed by atoms with E-state index in [9.17, 15) is 0 Å². The summed E-state index contributed by atoms with van der Waals surface area (Å²) >= 11 is 0. The maximum absolute atomic E-state index is 4.83. The van der Waals surface area contributed by atoms with Gasteiger partial charge in [0.2, 0.25) is 0 Å². The fraction of sp³-hybridized carbons (Fsp3) is 0.440. The third-order valence-corrected chi connectivity index (χ3v) is 5.35. The summed E-state index contributed by atoms with van der Waals surface area (Å²) in [5.74, 6) is 0.535. The summed E-state index contributed by atoms with van der Waals surface area (Å²) in [4.78, 5) is 14.0. The molecule has 0 saturated carbocycles. The molecule has 0 spiro atoms. The highest BCUT2D eigenvalue weighted by atomic mass is 15.2. The Morgan fingerprint density at radius 1 is 0.968 bits per heavy atom. The highest BCUT2D eigenvalue weighted by Gasteiger charge is 2.17. The molecule has 31 heavy (non-hydrogen) atoms. The van der Waals surface area contributed by atoms with Crippen molar-refractivity contribution >= 4 is 16.7 Å². The van der Waals surface area contributed by atoms with Crippen LogP contribution in [0.15, 0.2) is 36.7 Å². The molecule has 0 aliphatic carbocycles. The van der Waals surface area contributed by atoms with Gasteiger partial charge in [0.05, 0.1) is 17.6 Å². The van der Waals surface area contributed by atoms with Crippen LogP contribution < -0.4 is 5.32 Å². The van der Waals surface area contributed by atoms with E-state index in [4.69, 9.17) is 10.1 Å². The van der Waals surface area contributed by atoms with Crippen LogP contribution in [-0.2, 0) is 0 Å². The van der Waals surface area contributed by atoms with Crippen molar-refractivity contribution in [3.05, 3.63) is 53.6 Å². The van der Waals surface area contributed by atoms with Gasteiger partial charge < -0.3 is 5.32 Å². The SMILES string of the molecule is CC.CC.Cc1cn2nc(-c3cnc4nc(C5CCNCC5)ccc4c3)cc(C)c2n1. The van der Waals surface area contributed by atoms with Gasteiger partial charge >= 0.3 is 0 Å². The molecule has 6 nitrogen and oxygen atoms in total. The van der Waals surface area contributed by atoms with Crippen molar-refractivity contribution in [2.75, 3.05) is 13.1 Å². The van der Waals surface area contributed by atoms with Crippen molar-refractivity contribution in [3.8, 4) is 11.3 Å². The lowest BCUT2D eigenvalue weighted by Crippen LogP contribution is -2.27. The number of piperidine rings is 1. The lowest BCUT2D eigenvalue weighted by atomic mass is 9.94. The molecule has 1 N–H and O–H groups in total. The number of rotatable bonds is 2. The van der Waals surface area contributed by atoms with E-state index in [0.29, 0.717) is 5.92 Å². The third-order valence-electron chi connectivity index (χ3n) is 5.35. The second kappa shape index (κ2) is 10.4. The first-order valence-corrected chi connectivity index (χ1v) is 11.5. The zero-order valence-electron chi connectivity index (χ0n) is 19.6. The summed E-state index contributed by atoms with van der Waals surface area (Å²) in [7, 11) is 0. The van der Waals surface area contributed by atoms with Gasteiger partial charge in [0.1, 0.15) is 0 Å². The number of hydrogen-bond donors (Lipinski definition) is 1. The van der Waals surface area contributed by atoms with Crippen LogP contribution in [0.3, 0.4) is 0 Å². The Morgan fingerprint density at radius 3 is 2.45 bits per heavy atom. The average molecular weight is 419 g/mol. The molecule has 4 aromatic rings. The number of imidazole rings is 1. The van der Waals surface area contributed by atoms with Crippen LogP contribution in [0, 0.1) is 13.8 Å². The number of fused-ring (bicyclic) bond motifs is 2. The summed E-state index contributed by atoms with van der Waals surface area (Å²) in [6, 6.07) is 8.49. The molecule has 1 saturated heterocycles. The number of hydrogen-bond acceptors (Lipinski definition) is 5. The first-order valence-electron chi connectivity index (χ1n) is 11.5. The maximum atomic E-state index is 4.83. The van der Waals surface area contributed by atoms with Crippen LogP contribution >= 0.6 is 0 Å². The summed E-state index contributed by atoms with van der Waals surface area (Å²) in [6.45, 7) is 14.2. The average Bonchev–Trinajstić information content (AvgIpc) is 3.22. The van der Waals surface area contributed by atoms with Crippen LogP contribution in [0.5, 0.6) is 0 Å². The van der Waals surface area contributed by atoms with E-state index in [2.05, 4.69) is 46.5 Å². The van der Waals surface area contributed by atoms with Crippen LogP contribution in [0.2, 0.25) is 0 Å². The number of nitrogens with one attached hydrogen (secondary N) is 1. The molecule has 6 heteroatoms. The predicted molar refractivity (Wildman–Crippen MR) is 129 cm³/mol. The normalized spacial score (nSPS) is 14.0. The van der Waals surface area contributed by atoms with Gasteiger partial charge in [-0.05, 0) is 69.6 Å². The molecular weight excluding hydrogens is 384 g/mol. The maximum Gasteiger partial charge on any atom is 0.159 e. The molecule has 0 unspecified atom stereocenters. The molecule has 4 aromatic heterocycles. The van der Waals surface area contributed by atoms with E-state index in [0.717, 1.165) is 70.8 Å². The minimum Gasteiger partial charge on any atom is -0.317 e. The molecular formula is C25H34N6. The standard InChI is InChI=1S/C21H22N6.2C2H6/c1-13-9-19(26-27-12-14(2)24-21(13)27)17-10-16-3-4-18(25-20(16)23-11-17)15-5-7-22-8-6-15;2*1-2/h3-4,9-12,15,22H,5-8H2,1-2H3;2*1-2H3. The van der Waals surface area contributed by atoms with Crippen molar-refractivity contribution in [2.45, 2.75) is 60.3 Å². The van der Waals surface area contributed by atoms with Gasteiger partial charge in [-0.25, -0.2) is 19.5 Å². The highest BCUT2D eigenvalue weighted by Crippen LogP contribution is 2.27. The quantitative estimate of drug-likeness (QED) is 0.467. The van der Waals surface area contributed by atoms with E-state index >= 15 is 0 Å². The number of aromatic nitrogens is 5. The molecule has 1 fully saturated rings. The third kappa shape index (κ3) is 4.90. The second-order valence-corrected chi connectivity index (χ2v) is 7.39. The summed E-state index contributed by atoms with van der Waals surface area (Å²) in [5, 5.41) is 9.17. The van der Waals surface area contributed by atoms with Crippen molar-refractivity contribution < 1.29 is 0 Å². The van der Waals surface area contributed by atoms with Gasteiger partial charge in [-0.2, -0.15) is 5.10 Å². The number of nitrogens with zero attached hydrogens (tertiary/aromatic N) is 5. The van der Waals surface area contributed by atoms with Crippen LogP contribution in [0.4, 0.5) is 0 Å². The van der Waals surface area contributed by atoms with E-state index in [1.807, 2.05) is 51.5 Å². The highest BCUT2D eigenvalue weighted by molar-refractivity contribution is 5.80. The smallest absolute Gasteiger partial charge is 0.159 e. The van der Waals surface area contributed by atoms with Gasteiger partial charge in [-0.3, -0.25) is 0 Å². The predicted octanol–water partition coefficient (Wildman–Crippen LogP) is 5.48. The monoisotopic (exact) mass is 418 g/mol. The Kier molecular flexibility index (Phi) is 7.69. The fourth-order valence-electron chi connectivity index (χ4n) is 3.90. The summed E-state index contributed by atoms with van der Waals surface area (Å²) < 4.78 is 1.85. The molecule has 164 valence electrons. The molecule has 0 radical (unpaired) electrons. The molecule has 0 atom stereocenters. The van der Waals surface area contributed by atoms with Crippen molar-refractivity contribution in [2.24, 2.45) is 0 Å². The Hall–Kier alpha value is -2.86. The Morgan fingerprint density at radius 2 is 1.71 bits per heavy atom. The fourth-order valence-corrected chi connectivity index (χ4v) is 3.90. The van der Waals surface area contributed by atoms with Gasteiger partial charge in [0.15, 0.2) is 11.3 Å². The molecule has 0 aromatic carbocycles.